The van der Waals surface area contributed by atoms with Crippen LogP contribution in [0.25, 0.3) is 0 Å². The van der Waals surface area contributed by atoms with Crippen LogP contribution in [0.4, 0.5) is 39.3 Å². The summed E-state index contributed by atoms with van der Waals surface area (Å²) in [5.41, 5.74) is -0.697. The SMILES string of the molecule is Cc1cc(C(F)(F)F)cc(N2c3ncc(F)cc3CC2C(=O)N(C)c2cc(Cl)ccc2F)n1. The molecular weight excluding hydrogens is 467 g/mol. The minimum absolute atomic E-state index is 0.0656. The second kappa shape index (κ2) is 8.26. The monoisotopic (exact) mass is 482 g/mol. The fourth-order valence-electron chi connectivity index (χ4n) is 3.78. The Labute approximate surface area is 190 Å². The number of alkyl halides is 3. The number of carbonyl (C=O) groups excluding carboxylic acids is 1. The average molecular weight is 483 g/mol. The first kappa shape index (κ1) is 22.9. The van der Waals surface area contributed by atoms with E-state index in [0.29, 0.717) is 5.56 Å². The summed E-state index contributed by atoms with van der Waals surface area (Å²) in [7, 11) is 1.32. The van der Waals surface area contributed by atoms with E-state index in [4.69, 9.17) is 11.6 Å². The lowest BCUT2D eigenvalue weighted by Gasteiger charge is -2.29. The van der Waals surface area contributed by atoms with E-state index < -0.39 is 35.3 Å². The lowest BCUT2D eigenvalue weighted by atomic mass is 10.1. The molecule has 1 atom stereocenters. The van der Waals surface area contributed by atoms with E-state index in [9.17, 15) is 26.7 Å². The number of likely N-dealkylation sites (N-methyl/N-ethyl adjacent to an activating group) is 1. The third kappa shape index (κ3) is 4.35. The summed E-state index contributed by atoms with van der Waals surface area (Å²) >= 11 is 5.93. The number of benzene rings is 1. The lowest BCUT2D eigenvalue weighted by Crippen LogP contribution is -2.45. The van der Waals surface area contributed by atoms with Crippen molar-refractivity contribution in [2.45, 2.75) is 25.6 Å². The van der Waals surface area contributed by atoms with Crippen LogP contribution >= 0.6 is 11.6 Å². The van der Waals surface area contributed by atoms with Gasteiger partial charge in [0, 0.05) is 29.7 Å². The van der Waals surface area contributed by atoms with Gasteiger partial charge in [0.15, 0.2) is 0 Å². The Morgan fingerprint density at radius 1 is 1.18 bits per heavy atom. The molecular formula is C22H16ClF5N4O. The molecule has 0 radical (unpaired) electrons. The van der Waals surface area contributed by atoms with Crippen LogP contribution in [0.2, 0.25) is 5.02 Å². The molecule has 0 bridgehead atoms. The zero-order chi connectivity index (χ0) is 24.1. The van der Waals surface area contributed by atoms with Crippen molar-refractivity contribution >= 4 is 34.8 Å². The lowest BCUT2D eigenvalue weighted by molar-refractivity contribution is -0.137. The summed E-state index contributed by atoms with van der Waals surface area (Å²) in [6, 6.07) is 5.36. The second-order valence-corrected chi connectivity index (χ2v) is 8.01. The number of amides is 1. The summed E-state index contributed by atoms with van der Waals surface area (Å²) in [5.74, 6) is -2.12. The highest BCUT2D eigenvalue weighted by Crippen LogP contribution is 2.40. The summed E-state index contributed by atoms with van der Waals surface area (Å²) in [6.07, 6.45) is -3.82. The van der Waals surface area contributed by atoms with E-state index in [1.54, 1.807) is 0 Å². The zero-order valence-corrected chi connectivity index (χ0v) is 18.0. The molecule has 4 rings (SSSR count). The van der Waals surface area contributed by atoms with E-state index in [0.717, 1.165) is 35.4 Å². The third-order valence-electron chi connectivity index (χ3n) is 5.26. The smallest absolute Gasteiger partial charge is 0.311 e. The molecule has 3 heterocycles. The number of hydrogen-bond donors (Lipinski definition) is 0. The van der Waals surface area contributed by atoms with Gasteiger partial charge < -0.3 is 4.90 Å². The number of aryl methyl sites for hydroxylation is 1. The average Bonchev–Trinajstić information content (AvgIpc) is 3.11. The number of pyridine rings is 2. The predicted octanol–water partition coefficient (Wildman–Crippen LogP) is 5.46. The van der Waals surface area contributed by atoms with E-state index in [1.807, 2.05) is 0 Å². The van der Waals surface area contributed by atoms with E-state index in [1.165, 1.54) is 31.0 Å². The van der Waals surface area contributed by atoms with Crippen molar-refractivity contribution in [3.8, 4) is 0 Å². The molecule has 2 aromatic heterocycles. The number of nitrogens with zero attached hydrogens (tertiary/aromatic N) is 4. The Bertz CT molecular complexity index is 1250. The van der Waals surface area contributed by atoms with Crippen LogP contribution in [0.15, 0.2) is 42.6 Å². The molecule has 1 unspecified atom stereocenters. The van der Waals surface area contributed by atoms with Gasteiger partial charge in [-0.2, -0.15) is 13.2 Å². The van der Waals surface area contributed by atoms with Gasteiger partial charge in [0.05, 0.1) is 17.4 Å². The molecule has 1 aliphatic heterocycles. The predicted molar refractivity (Wildman–Crippen MR) is 113 cm³/mol. The summed E-state index contributed by atoms with van der Waals surface area (Å²) in [5, 5.41) is 0.191. The molecule has 0 fully saturated rings. The Balaban J connectivity index is 1.82. The molecule has 0 N–H and O–H groups in total. The summed E-state index contributed by atoms with van der Waals surface area (Å²) in [4.78, 5) is 23.8. The van der Waals surface area contributed by atoms with Crippen molar-refractivity contribution in [3.05, 3.63) is 76.1 Å². The fraction of sp³-hybridized carbons (Fsp3) is 0.227. The third-order valence-corrected chi connectivity index (χ3v) is 5.50. The minimum Gasteiger partial charge on any atom is -0.311 e. The number of carbonyl (C=O) groups is 1. The van der Waals surface area contributed by atoms with Crippen LogP contribution in [0.1, 0.15) is 16.8 Å². The summed E-state index contributed by atoms with van der Waals surface area (Å²) in [6.45, 7) is 1.39. The number of rotatable bonds is 3. The Hall–Kier alpha value is -3.27. The first-order valence-electron chi connectivity index (χ1n) is 9.68. The molecule has 0 spiro atoms. The largest absolute Gasteiger partial charge is 0.416 e. The number of aromatic nitrogens is 2. The van der Waals surface area contributed by atoms with Crippen molar-refractivity contribution < 1.29 is 26.7 Å². The minimum atomic E-state index is -4.65. The maximum atomic E-state index is 14.4. The first-order chi connectivity index (χ1) is 15.5. The second-order valence-electron chi connectivity index (χ2n) is 7.57. The first-order valence-corrected chi connectivity index (χ1v) is 10.1. The number of fused-ring (bicyclic) bond motifs is 1. The highest BCUT2D eigenvalue weighted by atomic mass is 35.5. The molecule has 11 heteroatoms. The Morgan fingerprint density at radius 3 is 2.61 bits per heavy atom. The zero-order valence-electron chi connectivity index (χ0n) is 17.3. The van der Waals surface area contributed by atoms with Gasteiger partial charge in [-0.3, -0.25) is 9.69 Å². The van der Waals surface area contributed by atoms with Crippen LogP contribution in [0.5, 0.6) is 0 Å². The quantitative estimate of drug-likeness (QED) is 0.465. The van der Waals surface area contributed by atoms with Crippen LogP contribution < -0.4 is 9.80 Å². The van der Waals surface area contributed by atoms with E-state index >= 15 is 0 Å². The van der Waals surface area contributed by atoms with Crippen LogP contribution in [-0.4, -0.2) is 29.0 Å². The van der Waals surface area contributed by atoms with Gasteiger partial charge in [0.2, 0.25) is 5.91 Å². The molecule has 1 aromatic carbocycles. The maximum Gasteiger partial charge on any atom is 0.416 e. The van der Waals surface area contributed by atoms with Gasteiger partial charge in [-0.1, -0.05) is 11.6 Å². The van der Waals surface area contributed by atoms with Crippen LogP contribution in [0, 0.1) is 18.6 Å². The van der Waals surface area contributed by atoms with E-state index in [2.05, 4.69) is 9.97 Å². The maximum absolute atomic E-state index is 14.4. The van der Waals surface area contributed by atoms with Crippen molar-refractivity contribution in [2.24, 2.45) is 0 Å². The van der Waals surface area contributed by atoms with Crippen LogP contribution in [0.3, 0.4) is 0 Å². The molecule has 0 saturated carbocycles. The van der Waals surface area contributed by atoms with Crippen molar-refractivity contribution in [3.63, 3.8) is 0 Å². The number of hydrogen-bond acceptors (Lipinski definition) is 4. The molecule has 172 valence electrons. The van der Waals surface area contributed by atoms with Gasteiger partial charge in [0.1, 0.15) is 29.3 Å². The fourth-order valence-corrected chi connectivity index (χ4v) is 3.94. The van der Waals surface area contributed by atoms with Crippen molar-refractivity contribution in [1.29, 1.82) is 0 Å². The molecule has 1 amide bonds. The molecule has 33 heavy (non-hydrogen) atoms. The van der Waals surface area contributed by atoms with Gasteiger partial charge in [-0.15, -0.1) is 0 Å². The van der Waals surface area contributed by atoms with Crippen molar-refractivity contribution in [1.82, 2.24) is 9.97 Å². The van der Waals surface area contributed by atoms with Crippen LogP contribution in [-0.2, 0) is 17.4 Å². The topological polar surface area (TPSA) is 49.3 Å². The van der Waals surface area contributed by atoms with Gasteiger partial charge in [-0.25, -0.2) is 18.7 Å². The highest BCUT2D eigenvalue weighted by molar-refractivity contribution is 6.31. The molecule has 0 saturated heterocycles. The van der Waals surface area contributed by atoms with Gasteiger partial charge in [-0.05, 0) is 43.3 Å². The van der Waals surface area contributed by atoms with Crippen molar-refractivity contribution in [2.75, 3.05) is 16.8 Å². The summed E-state index contributed by atoms with van der Waals surface area (Å²) < 4.78 is 68.5. The Kier molecular flexibility index (Phi) is 5.73. The molecule has 5 nitrogen and oxygen atoms in total. The normalized spacial score (nSPS) is 15.5. The van der Waals surface area contributed by atoms with Gasteiger partial charge >= 0.3 is 6.18 Å². The molecule has 3 aromatic rings. The Morgan fingerprint density at radius 2 is 1.91 bits per heavy atom. The van der Waals surface area contributed by atoms with E-state index in [-0.39, 0.29) is 34.5 Å². The van der Waals surface area contributed by atoms with Gasteiger partial charge in [0.25, 0.3) is 0 Å². The molecule has 1 aliphatic rings. The standard InChI is InChI=1S/C22H16ClF5N4O/c1-11-5-13(22(26,27)28)8-19(30-11)32-18(7-12-6-15(24)10-29-20(12)32)21(33)31(2)17-9-14(23)3-4-16(17)25/h3-6,8-10,18H,7H2,1-2H3. The molecule has 0 aliphatic carbocycles. The number of anilines is 3. The highest BCUT2D eigenvalue weighted by Gasteiger charge is 2.41. The number of halogens is 6.